The van der Waals surface area contributed by atoms with Crippen LogP contribution in [-0.4, -0.2) is 44.7 Å². The van der Waals surface area contributed by atoms with Crippen LogP contribution in [0.1, 0.15) is 18.4 Å². The minimum atomic E-state index is -3.12. The molecule has 1 atom stereocenters. The van der Waals surface area contributed by atoms with Crippen LogP contribution in [0.2, 0.25) is 0 Å². The molecule has 2 saturated heterocycles. The smallest absolute Gasteiger partial charge is 0.214 e. The van der Waals surface area contributed by atoms with Gasteiger partial charge in [0.2, 0.25) is 10.0 Å². The molecule has 1 aromatic rings. The number of aryl methyl sites for hydroxylation is 1. The van der Waals surface area contributed by atoms with Crippen molar-refractivity contribution in [2.75, 3.05) is 31.9 Å². The van der Waals surface area contributed by atoms with E-state index in [0.717, 1.165) is 31.5 Å². The second-order valence-corrected chi connectivity index (χ2v) is 8.15. The maximum atomic E-state index is 12.5. The standard InChI is InChI=1S/C15H22N2O2S.ClH/c18-20(19,11-6-14-4-2-1-3-5-14)17-10-8-15(13-17)7-9-16-12-15;/h1-5,16H,6-13H2;1H. The van der Waals surface area contributed by atoms with Gasteiger partial charge in [0.25, 0.3) is 0 Å². The first-order chi connectivity index (χ1) is 9.60. The molecule has 0 bridgehead atoms. The second-order valence-electron chi connectivity index (χ2n) is 6.06. The Morgan fingerprint density at radius 3 is 2.62 bits per heavy atom. The van der Waals surface area contributed by atoms with Crippen molar-refractivity contribution in [1.29, 1.82) is 0 Å². The minimum absolute atomic E-state index is 0. The van der Waals surface area contributed by atoms with Crippen molar-refractivity contribution in [2.24, 2.45) is 5.41 Å². The van der Waals surface area contributed by atoms with Crippen molar-refractivity contribution in [2.45, 2.75) is 19.3 Å². The molecule has 0 radical (unpaired) electrons. The van der Waals surface area contributed by atoms with E-state index >= 15 is 0 Å². The lowest BCUT2D eigenvalue weighted by Gasteiger charge is -2.22. The summed E-state index contributed by atoms with van der Waals surface area (Å²) in [6, 6.07) is 9.84. The molecule has 4 nitrogen and oxygen atoms in total. The highest BCUT2D eigenvalue weighted by molar-refractivity contribution is 7.89. The van der Waals surface area contributed by atoms with E-state index in [1.165, 1.54) is 0 Å². The summed E-state index contributed by atoms with van der Waals surface area (Å²) in [7, 11) is -3.12. The summed E-state index contributed by atoms with van der Waals surface area (Å²) in [4.78, 5) is 0. The first kappa shape index (κ1) is 16.7. The number of nitrogens with zero attached hydrogens (tertiary/aromatic N) is 1. The fourth-order valence-electron chi connectivity index (χ4n) is 3.30. The molecule has 6 heteroatoms. The Balaban J connectivity index is 0.00000161. The fourth-order valence-corrected chi connectivity index (χ4v) is 4.89. The number of halogens is 1. The summed E-state index contributed by atoms with van der Waals surface area (Å²) in [5.74, 6) is 0.223. The highest BCUT2D eigenvalue weighted by Crippen LogP contribution is 2.37. The summed E-state index contributed by atoms with van der Waals surface area (Å²) in [5, 5.41) is 3.36. The van der Waals surface area contributed by atoms with E-state index in [4.69, 9.17) is 0 Å². The summed E-state index contributed by atoms with van der Waals surface area (Å²) in [6.07, 6.45) is 2.72. The number of rotatable bonds is 4. The maximum Gasteiger partial charge on any atom is 0.214 e. The number of nitrogens with one attached hydrogen (secondary N) is 1. The van der Waals surface area contributed by atoms with Gasteiger partial charge < -0.3 is 5.32 Å². The molecule has 0 aromatic heterocycles. The van der Waals surface area contributed by atoms with Crippen LogP contribution >= 0.6 is 12.4 Å². The quantitative estimate of drug-likeness (QED) is 0.913. The molecule has 2 aliphatic heterocycles. The third kappa shape index (κ3) is 3.77. The highest BCUT2D eigenvalue weighted by atomic mass is 35.5. The number of hydrogen-bond donors (Lipinski definition) is 1. The second kappa shape index (κ2) is 6.65. The molecule has 2 aliphatic rings. The van der Waals surface area contributed by atoms with Crippen molar-refractivity contribution < 1.29 is 8.42 Å². The van der Waals surface area contributed by atoms with Crippen LogP contribution in [0.4, 0.5) is 0 Å². The van der Waals surface area contributed by atoms with Gasteiger partial charge in [0.1, 0.15) is 0 Å². The lowest BCUT2D eigenvalue weighted by atomic mass is 9.87. The monoisotopic (exact) mass is 330 g/mol. The van der Waals surface area contributed by atoms with Gasteiger partial charge in [0, 0.05) is 19.6 Å². The number of benzene rings is 1. The SMILES string of the molecule is Cl.O=S(=O)(CCc1ccccc1)N1CCC2(CCNC2)C1. The zero-order valence-corrected chi connectivity index (χ0v) is 13.8. The molecule has 1 N–H and O–H groups in total. The molecular weight excluding hydrogens is 308 g/mol. The van der Waals surface area contributed by atoms with Gasteiger partial charge >= 0.3 is 0 Å². The molecule has 1 aromatic carbocycles. The van der Waals surface area contributed by atoms with Gasteiger partial charge in [0.15, 0.2) is 0 Å². The Kier molecular flexibility index (Phi) is 5.30. The lowest BCUT2D eigenvalue weighted by molar-refractivity contribution is 0.338. The first-order valence-corrected chi connectivity index (χ1v) is 8.93. The van der Waals surface area contributed by atoms with Gasteiger partial charge in [0.05, 0.1) is 5.75 Å². The molecular formula is C15H23ClN2O2S. The van der Waals surface area contributed by atoms with Crippen molar-refractivity contribution in [1.82, 2.24) is 9.62 Å². The molecule has 0 aliphatic carbocycles. The Bertz CT molecular complexity index is 556. The van der Waals surface area contributed by atoms with E-state index in [-0.39, 0.29) is 23.6 Å². The van der Waals surface area contributed by atoms with Crippen LogP contribution in [0, 0.1) is 5.41 Å². The van der Waals surface area contributed by atoms with Gasteiger partial charge in [-0.3, -0.25) is 0 Å². The number of sulfonamides is 1. The average Bonchev–Trinajstić information content (AvgIpc) is 3.09. The van der Waals surface area contributed by atoms with Crippen LogP contribution < -0.4 is 5.32 Å². The van der Waals surface area contributed by atoms with Crippen molar-refractivity contribution in [3.8, 4) is 0 Å². The van der Waals surface area contributed by atoms with Crippen LogP contribution in [0.3, 0.4) is 0 Å². The topological polar surface area (TPSA) is 49.4 Å². The molecule has 2 heterocycles. The van der Waals surface area contributed by atoms with Gasteiger partial charge in [-0.15, -0.1) is 12.4 Å². The highest BCUT2D eigenvalue weighted by Gasteiger charge is 2.43. The van der Waals surface area contributed by atoms with Gasteiger partial charge in [-0.1, -0.05) is 30.3 Å². The van der Waals surface area contributed by atoms with Crippen LogP contribution in [-0.2, 0) is 16.4 Å². The Hall–Kier alpha value is -0.620. The van der Waals surface area contributed by atoms with Crippen molar-refractivity contribution in [3.05, 3.63) is 35.9 Å². The van der Waals surface area contributed by atoms with E-state index in [2.05, 4.69) is 5.32 Å². The molecule has 0 amide bonds. The van der Waals surface area contributed by atoms with E-state index < -0.39 is 10.0 Å². The molecule has 118 valence electrons. The molecule has 21 heavy (non-hydrogen) atoms. The minimum Gasteiger partial charge on any atom is -0.316 e. The number of hydrogen-bond acceptors (Lipinski definition) is 3. The summed E-state index contributed by atoms with van der Waals surface area (Å²) in [6.45, 7) is 3.39. The fraction of sp³-hybridized carbons (Fsp3) is 0.600. The maximum absolute atomic E-state index is 12.5. The predicted octanol–water partition coefficient (Wildman–Crippen LogP) is 1.67. The van der Waals surface area contributed by atoms with Gasteiger partial charge in [-0.2, -0.15) is 0 Å². The summed E-state index contributed by atoms with van der Waals surface area (Å²) >= 11 is 0. The Morgan fingerprint density at radius 2 is 1.95 bits per heavy atom. The third-order valence-corrected chi connectivity index (χ3v) is 6.44. The molecule has 2 fully saturated rings. The van der Waals surface area contributed by atoms with E-state index in [0.29, 0.717) is 19.5 Å². The molecule has 1 unspecified atom stereocenters. The Labute approximate surface area is 133 Å². The van der Waals surface area contributed by atoms with E-state index in [9.17, 15) is 8.42 Å². The van der Waals surface area contributed by atoms with Crippen LogP contribution in [0.15, 0.2) is 30.3 Å². The molecule has 1 spiro atoms. The lowest BCUT2D eigenvalue weighted by Crippen LogP contribution is -2.35. The van der Waals surface area contributed by atoms with Crippen molar-refractivity contribution in [3.63, 3.8) is 0 Å². The average molecular weight is 331 g/mol. The van der Waals surface area contributed by atoms with E-state index in [1.807, 2.05) is 30.3 Å². The summed E-state index contributed by atoms with van der Waals surface area (Å²) in [5.41, 5.74) is 1.30. The van der Waals surface area contributed by atoms with E-state index in [1.54, 1.807) is 4.31 Å². The predicted molar refractivity (Wildman–Crippen MR) is 87.3 cm³/mol. The Morgan fingerprint density at radius 1 is 1.19 bits per heavy atom. The molecule has 3 rings (SSSR count). The zero-order valence-electron chi connectivity index (χ0n) is 12.1. The third-order valence-electron chi connectivity index (χ3n) is 4.62. The van der Waals surface area contributed by atoms with Gasteiger partial charge in [-0.05, 0) is 36.8 Å². The largest absolute Gasteiger partial charge is 0.316 e. The first-order valence-electron chi connectivity index (χ1n) is 7.32. The zero-order chi connectivity index (χ0) is 14.1. The van der Waals surface area contributed by atoms with Gasteiger partial charge in [-0.25, -0.2) is 12.7 Å². The summed E-state index contributed by atoms with van der Waals surface area (Å²) < 4.78 is 26.6. The van der Waals surface area contributed by atoms with Crippen LogP contribution in [0.25, 0.3) is 0 Å². The van der Waals surface area contributed by atoms with Crippen molar-refractivity contribution >= 4 is 22.4 Å². The van der Waals surface area contributed by atoms with Crippen LogP contribution in [0.5, 0.6) is 0 Å². The normalized spacial score (nSPS) is 26.1. The molecule has 0 saturated carbocycles.